The number of aryl methyl sites for hydroxylation is 1. The molecule has 0 aliphatic heterocycles. The van der Waals surface area contributed by atoms with Crippen LogP contribution in [0, 0.1) is 12.7 Å². The molecule has 0 aliphatic rings. The lowest BCUT2D eigenvalue weighted by Crippen LogP contribution is -1.82. The summed E-state index contributed by atoms with van der Waals surface area (Å²) >= 11 is 0. The first kappa shape index (κ1) is 7.70. The third-order valence-corrected chi connectivity index (χ3v) is 1.37. The second-order valence-electron chi connectivity index (χ2n) is 2.29. The molecule has 0 aliphatic carbocycles. The molecule has 0 saturated heterocycles. The van der Waals surface area contributed by atoms with Crippen molar-refractivity contribution >= 4 is 12.0 Å². The van der Waals surface area contributed by atoms with E-state index in [9.17, 15) is 9.18 Å². The van der Waals surface area contributed by atoms with E-state index < -0.39 is 0 Å². The van der Waals surface area contributed by atoms with Gasteiger partial charge in [-0.2, -0.15) is 0 Å². The van der Waals surface area contributed by atoms with Crippen LogP contribution in [0.5, 0.6) is 0 Å². The summed E-state index contributed by atoms with van der Waals surface area (Å²) in [7, 11) is 0. The highest BCUT2D eigenvalue weighted by atomic mass is 19.1. The Morgan fingerprint density at radius 2 is 2.27 bits per heavy atom. The van der Waals surface area contributed by atoms with Crippen molar-refractivity contribution in [3.8, 4) is 0 Å². The predicted octanol–water partition coefficient (Wildman–Crippen LogP) is 1.98. The predicted molar refractivity (Wildman–Crippen MR) is 41.3 cm³/mol. The lowest BCUT2D eigenvalue weighted by atomic mass is 10.1. The number of carbonyl (C=O) groups excluding carboxylic acids is 1. The summed E-state index contributed by atoms with van der Waals surface area (Å²) in [4.78, 5) is 9.86. The molecule has 0 saturated carbocycles. The van der Waals surface area contributed by atoms with Crippen LogP contribution in [-0.2, 0) is 4.79 Å². The Labute approximate surface area is 64.2 Å². The zero-order valence-electron chi connectivity index (χ0n) is 6.10. The van der Waals surface area contributed by atoms with Crippen LogP contribution >= 0.6 is 0 Å². The van der Waals surface area contributed by atoms with Gasteiger partial charge in [0.05, 0.1) is 0 Å². The normalized spacial score (nSPS) is 8.91. The quantitative estimate of drug-likeness (QED) is 0.559. The number of hydrogen-bond acceptors (Lipinski definition) is 1. The summed E-state index contributed by atoms with van der Waals surface area (Å²) in [5.74, 6) is 1.15. The van der Waals surface area contributed by atoms with Crippen LogP contribution in [0.4, 0.5) is 4.39 Å². The highest BCUT2D eigenvalue weighted by molar-refractivity contribution is 5.74. The molecule has 0 amide bonds. The van der Waals surface area contributed by atoms with Gasteiger partial charge in [0.1, 0.15) is 11.8 Å². The van der Waals surface area contributed by atoms with Gasteiger partial charge in [0.25, 0.3) is 0 Å². The first-order chi connectivity index (χ1) is 5.24. The maximum atomic E-state index is 12.8. The molecule has 2 heteroatoms. The van der Waals surface area contributed by atoms with E-state index in [1.807, 2.05) is 0 Å². The monoisotopic (exact) mass is 150 g/mol. The summed E-state index contributed by atoms with van der Waals surface area (Å²) in [5, 5.41) is 0. The minimum Gasteiger partial charge on any atom is -0.233 e. The van der Waals surface area contributed by atoms with Crippen LogP contribution in [0.2, 0.25) is 0 Å². The molecule has 1 aromatic carbocycles. The van der Waals surface area contributed by atoms with Crippen molar-refractivity contribution in [3.63, 3.8) is 0 Å². The van der Waals surface area contributed by atoms with E-state index in [0.717, 1.165) is 11.6 Å². The molecule has 0 atom stereocenters. The highest BCUT2D eigenvalue weighted by Gasteiger charge is 1.96. The number of halogens is 1. The first-order valence-electron chi connectivity index (χ1n) is 3.21. The van der Waals surface area contributed by atoms with Crippen LogP contribution in [0.3, 0.4) is 0 Å². The van der Waals surface area contributed by atoms with Crippen molar-refractivity contribution in [2.75, 3.05) is 0 Å². The lowest BCUT2D eigenvalue weighted by Gasteiger charge is -1.95. The van der Waals surface area contributed by atoms with E-state index in [1.54, 1.807) is 19.1 Å². The zero-order valence-corrected chi connectivity index (χ0v) is 6.10. The Balaban J connectivity index is 3.19. The maximum absolute atomic E-state index is 12.8. The molecule has 0 fully saturated rings. The second kappa shape index (κ2) is 3.13. The fourth-order valence-electron chi connectivity index (χ4n) is 0.813. The molecule has 11 heavy (non-hydrogen) atoms. The van der Waals surface area contributed by atoms with Gasteiger partial charge in [-0.3, -0.25) is 0 Å². The Hall–Kier alpha value is -1.40. The topological polar surface area (TPSA) is 17.1 Å². The van der Waals surface area contributed by atoms with Gasteiger partial charge in [0.15, 0.2) is 0 Å². The summed E-state index contributed by atoms with van der Waals surface area (Å²) in [6.07, 6.45) is 1.08. The molecular formula is C9H7FO. The Morgan fingerprint density at radius 3 is 2.82 bits per heavy atom. The maximum Gasteiger partial charge on any atom is 0.131 e. The molecule has 0 N–H and O–H groups in total. The molecule has 1 aromatic rings. The first-order valence-corrected chi connectivity index (χ1v) is 3.21. The molecule has 0 heterocycles. The van der Waals surface area contributed by atoms with E-state index in [-0.39, 0.29) is 11.4 Å². The van der Waals surface area contributed by atoms with E-state index in [0.29, 0.717) is 0 Å². The van der Waals surface area contributed by atoms with Crippen LogP contribution in [-0.4, -0.2) is 5.94 Å². The van der Waals surface area contributed by atoms with Gasteiger partial charge in [0.2, 0.25) is 0 Å². The van der Waals surface area contributed by atoms with E-state index >= 15 is 0 Å². The molecule has 0 aromatic heterocycles. The van der Waals surface area contributed by atoms with Gasteiger partial charge in [-0.25, -0.2) is 9.18 Å². The van der Waals surface area contributed by atoms with Crippen molar-refractivity contribution in [2.24, 2.45) is 0 Å². The van der Waals surface area contributed by atoms with Gasteiger partial charge in [-0.05, 0) is 18.6 Å². The third kappa shape index (κ3) is 1.76. The van der Waals surface area contributed by atoms with Crippen molar-refractivity contribution in [1.29, 1.82) is 0 Å². The second-order valence-corrected chi connectivity index (χ2v) is 2.29. The zero-order chi connectivity index (χ0) is 8.27. The SMILES string of the molecule is Cc1ccc(C=C=O)c(F)c1. The molecule has 0 radical (unpaired) electrons. The number of benzene rings is 1. The average Bonchev–Trinajstić information content (AvgIpc) is 1.95. The van der Waals surface area contributed by atoms with Crippen molar-refractivity contribution in [2.45, 2.75) is 6.92 Å². The van der Waals surface area contributed by atoms with Crippen LogP contribution < -0.4 is 0 Å². The Morgan fingerprint density at radius 1 is 1.55 bits per heavy atom. The fraction of sp³-hybridized carbons (Fsp3) is 0.111. The van der Waals surface area contributed by atoms with Crippen LogP contribution in [0.25, 0.3) is 6.08 Å². The summed E-state index contributed by atoms with van der Waals surface area (Å²) in [6, 6.07) is 4.67. The number of hydrogen-bond donors (Lipinski definition) is 0. The van der Waals surface area contributed by atoms with Crippen LogP contribution in [0.15, 0.2) is 18.2 Å². The van der Waals surface area contributed by atoms with E-state index in [2.05, 4.69) is 0 Å². The average molecular weight is 150 g/mol. The molecule has 0 spiro atoms. The summed E-state index contributed by atoms with van der Waals surface area (Å²) in [6.45, 7) is 1.79. The summed E-state index contributed by atoms with van der Waals surface area (Å²) in [5.41, 5.74) is 1.12. The Bertz CT molecular complexity index is 311. The fourth-order valence-corrected chi connectivity index (χ4v) is 0.813. The van der Waals surface area contributed by atoms with Crippen molar-refractivity contribution in [3.05, 3.63) is 35.1 Å². The van der Waals surface area contributed by atoms with Crippen molar-refractivity contribution < 1.29 is 9.18 Å². The van der Waals surface area contributed by atoms with Crippen LogP contribution in [0.1, 0.15) is 11.1 Å². The molecule has 1 nitrogen and oxygen atoms in total. The summed E-state index contributed by atoms with van der Waals surface area (Å²) < 4.78 is 12.8. The standard InChI is InChI=1S/C9H7FO/c1-7-2-3-8(4-5-11)9(10)6-7/h2-4,6H,1H3. The molecule has 0 unspecified atom stereocenters. The van der Waals surface area contributed by atoms with Crippen molar-refractivity contribution in [1.82, 2.24) is 0 Å². The third-order valence-electron chi connectivity index (χ3n) is 1.37. The molecular weight excluding hydrogens is 143 g/mol. The van der Waals surface area contributed by atoms with E-state index in [1.165, 1.54) is 12.0 Å². The molecule has 0 bridgehead atoms. The lowest BCUT2D eigenvalue weighted by molar-refractivity contribution is 0.569. The number of rotatable bonds is 1. The van der Waals surface area contributed by atoms with E-state index in [4.69, 9.17) is 0 Å². The van der Waals surface area contributed by atoms with Gasteiger partial charge >= 0.3 is 0 Å². The van der Waals surface area contributed by atoms with Gasteiger partial charge in [-0.15, -0.1) is 0 Å². The van der Waals surface area contributed by atoms with Gasteiger partial charge in [-0.1, -0.05) is 12.1 Å². The van der Waals surface area contributed by atoms with Gasteiger partial charge < -0.3 is 0 Å². The molecule has 1 rings (SSSR count). The minimum absolute atomic E-state index is 0.283. The largest absolute Gasteiger partial charge is 0.233 e. The minimum atomic E-state index is -0.381. The Kier molecular flexibility index (Phi) is 2.19. The molecule has 56 valence electrons. The van der Waals surface area contributed by atoms with Gasteiger partial charge in [0, 0.05) is 11.6 Å². The highest BCUT2D eigenvalue weighted by Crippen LogP contribution is 2.09. The smallest absolute Gasteiger partial charge is 0.131 e.